The lowest BCUT2D eigenvalue weighted by atomic mass is 9.99. The Labute approximate surface area is 216 Å². The van der Waals surface area contributed by atoms with E-state index in [9.17, 15) is 14.7 Å². The van der Waals surface area contributed by atoms with Gasteiger partial charge in [-0.05, 0) is 37.0 Å². The van der Waals surface area contributed by atoms with Gasteiger partial charge in [-0.15, -0.1) is 0 Å². The molecule has 2 N–H and O–H groups in total. The molecule has 2 atom stereocenters. The Morgan fingerprint density at radius 1 is 0.686 bits per heavy atom. The molecule has 35 heavy (non-hydrogen) atoms. The van der Waals surface area contributed by atoms with Gasteiger partial charge in [-0.3, -0.25) is 4.79 Å². The van der Waals surface area contributed by atoms with Gasteiger partial charge in [0.15, 0.2) is 0 Å². The fourth-order valence-electron chi connectivity index (χ4n) is 4.05. The van der Waals surface area contributed by atoms with Crippen molar-refractivity contribution in [2.75, 3.05) is 0 Å². The normalized spacial score (nSPS) is 12.1. The number of carbonyl (C=O) groups excluding carboxylic acids is 1. The van der Waals surface area contributed by atoms with Gasteiger partial charge < -0.3 is 10.4 Å². The van der Waals surface area contributed by atoms with Crippen LogP contribution in [0.3, 0.4) is 0 Å². The first-order chi connectivity index (χ1) is 17.0. The van der Waals surface area contributed by atoms with Crippen molar-refractivity contribution in [2.45, 2.75) is 155 Å². The molecule has 0 spiro atoms. The molecular formula is C31H53NO3. The maximum atomic E-state index is 12.0. The van der Waals surface area contributed by atoms with E-state index in [1.165, 1.54) is 64.2 Å². The van der Waals surface area contributed by atoms with E-state index in [0.29, 0.717) is 6.42 Å². The summed E-state index contributed by atoms with van der Waals surface area (Å²) in [7, 11) is 0. The first kappa shape index (κ1) is 33.1. The van der Waals surface area contributed by atoms with Crippen LogP contribution in [-0.2, 0) is 9.59 Å². The van der Waals surface area contributed by atoms with Crippen LogP contribution in [0.4, 0.5) is 0 Å². The average Bonchev–Trinajstić information content (AvgIpc) is 2.85. The second kappa shape index (κ2) is 25.2. The van der Waals surface area contributed by atoms with Gasteiger partial charge in [0.25, 0.3) is 0 Å². The molecule has 0 aromatic heterocycles. The van der Waals surface area contributed by atoms with E-state index >= 15 is 0 Å². The van der Waals surface area contributed by atoms with Gasteiger partial charge in [0, 0.05) is 19.3 Å². The van der Waals surface area contributed by atoms with Crippen molar-refractivity contribution in [3.05, 3.63) is 0 Å². The summed E-state index contributed by atoms with van der Waals surface area (Å²) in [5, 5.41) is 11.9. The number of amides is 1. The van der Waals surface area contributed by atoms with Crippen LogP contribution >= 0.6 is 0 Å². The second-order valence-electron chi connectivity index (χ2n) is 9.93. The Hall–Kier alpha value is -1.94. The van der Waals surface area contributed by atoms with Crippen molar-refractivity contribution in [2.24, 2.45) is 5.92 Å². The summed E-state index contributed by atoms with van der Waals surface area (Å²) in [4.78, 5) is 23.3. The van der Waals surface area contributed by atoms with Crippen LogP contribution in [0.5, 0.6) is 0 Å². The fourth-order valence-corrected chi connectivity index (χ4v) is 4.05. The predicted molar refractivity (Wildman–Crippen MR) is 148 cm³/mol. The van der Waals surface area contributed by atoms with Gasteiger partial charge in [-0.1, -0.05) is 123 Å². The maximum absolute atomic E-state index is 12.0. The fraction of sp³-hybridized carbons (Fsp3) is 0.806. The molecule has 0 unspecified atom stereocenters. The smallest absolute Gasteiger partial charge is 0.326 e. The number of carboxylic acid groups (broad SMARTS) is 1. The molecule has 1 amide bonds. The largest absolute Gasteiger partial charge is 0.480 e. The van der Waals surface area contributed by atoms with Crippen LogP contribution < -0.4 is 5.32 Å². The Balaban J connectivity index is 3.52. The molecule has 4 heteroatoms. The number of carbonyl (C=O) groups is 2. The number of rotatable bonds is 22. The van der Waals surface area contributed by atoms with Crippen molar-refractivity contribution >= 4 is 11.9 Å². The van der Waals surface area contributed by atoms with E-state index in [1.54, 1.807) is 0 Å². The quantitative estimate of drug-likeness (QED) is 0.120. The zero-order chi connectivity index (χ0) is 26.0. The minimum absolute atomic E-state index is 0.0601. The molecule has 0 rings (SSSR count). The Morgan fingerprint density at radius 3 is 1.54 bits per heavy atom. The molecule has 0 aliphatic carbocycles. The van der Waals surface area contributed by atoms with Crippen LogP contribution in [0.25, 0.3) is 0 Å². The van der Waals surface area contributed by atoms with E-state index in [4.69, 9.17) is 0 Å². The minimum atomic E-state index is -0.948. The lowest BCUT2D eigenvalue weighted by molar-refractivity contribution is -0.143. The summed E-state index contributed by atoms with van der Waals surface area (Å²) >= 11 is 0. The summed E-state index contributed by atoms with van der Waals surface area (Å²) in [5.41, 5.74) is 0. The highest BCUT2D eigenvalue weighted by molar-refractivity contribution is 5.83. The van der Waals surface area contributed by atoms with Crippen LogP contribution in [0.1, 0.15) is 149 Å². The van der Waals surface area contributed by atoms with Crippen molar-refractivity contribution in [1.82, 2.24) is 5.32 Å². The molecule has 200 valence electrons. The summed E-state index contributed by atoms with van der Waals surface area (Å²) in [6.45, 7) is 6.06. The highest BCUT2D eigenvalue weighted by Gasteiger charge is 2.24. The topological polar surface area (TPSA) is 66.4 Å². The molecule has 0 heterocycles. The third-order valence-corrected chi connectivity index (χ3v) is 6.65. The van der Waals surface area contributed by atoms with Gasteiger partial charge in [-0.25, -0.2) is 4.79 Å². The highest BCUT2D eigenvalue weighted by atomic mass is 16.4. The summed E-state index contributed by atoms with van der Waals surface area (Å²) in [5.74, 6) is 11.2. The molecule has 4 nitrogen and oxygen atoms in total. The zero-order valence-electron chi connectivity index (χ0n) is 23.1. The SMILES string of the molecule is CCCCCCCCCCCCC#CC#CCCCCCCCCC(=O)N[C@H](C(=O)O)[C@@H](C)CC. The van der Waals surface area contributed by atoms with Crippen LogP contribution in [-0.4, -0.2) is 23.0 Å². The Morgan fingerprint density at radius 2 is 1.11 bits per heavy atom. The molecule has 0 bridgehead atoms. The number of carboxylic acids is 1. The third-order valence-electron chi connectivity index (χ3n) is 6.65. The second-order valence-corrected chi connectivity index (χ2v) is 9.93. The van der Waals surface area contributed by atoms with E-state index in [0.717, 1.165) is 57.8 Å². The lowest BCUT2D eigenvalue weighted by Gasteiger charge is -2.20. The zero-order valence-corrected chi connectivity index (χ0v) is 23.1. The van der Waals surface area contributed by atoms with E-state index in [1.807, 2.05) is 13.8 Å². The Kier molecular flexibility index (Phi) is 23.8. The molecule has 0 aromatic rings. The first-order valence-electron chi connectivity index (χ1n) is 14.5. The molecule has 0 aromatic carbocycles. The van der Waals surface area contributed by atoms with Gasteiger partial charge in [0.2, 0.25) is 5.91 Å². The number of hydrogen-bond acceptors (Lipinski definition) is 2. The molecule has 0 radical (unpaired) electrons. The molecule has 0 saturated carbocycles. The van der Waals surface area contributed by atoms with Gasteiger partial charge in [0.05, 0.1) is 0 Å². The number of hydrogen-bond donors (Lipinski definition) is 2. The number of aliphatic carboxylic acids is 1. The van der Waals surface area contributed by atoms with Gasteiger partial charge >= 0.3 is 5.97 Å². The lowest BCUT2D eigenvalue weighted by Crippen LogP contribution is -2.44. The maximum Gasteiger partial charge on any atom is 0.326 e. The predicted octanol–water partition coefficient (Wildman–Crippen LogP) is 8.04. The van der Waals surface area contributed by atoms with Crippen molar-refractivity contribution in [3.8, 4) is 23.7 Å². The monoisotopic (exact) mass is 487 g/mol. The van der Waals surface area contributed by atoms with E-state index in [2.05, 4.69) is 35.9 Å². The van der Waals surface area contributed by atoms with Crippen molar-refractivity contribution < 1.29 is 14.7 Å². The van der Waals surface area contributed by atoms with Crippen molar-refractivity contribution in [1.29, 1.82) is 0 Å². The Bertz CT molecular complexity index is 650. The van der Waals surface area contributed by atoms with Crippen molar-refractivity contribution in [3.63, 3.8) is 0 Å². The molecular weight excluding hydrogens is 434 g/mol. The molecule has 0 saturated heterocycles. The van der Waals surface area contributed by atoms with Gasteiger partial charge in [0.1, 0.15) is 6.04 Å². The molecule has 0 aliphatic rings. The van der Waals surface area contributed by atoms with E-state index < -0.39 is 12.0 Å². The minimum Gasteiger partial charge on any atom is -0.480 e. The van der Waals surface area contributed by atoms with Gasteiger partial charge in [-0.2, -0.15) is 0 Å². The summed E-state index contributed by atoms with van der Waals surface area (Å²) in [6, 6.07) is -0.780. The summed E-state index contributed by atoms with van der Waals surface area (Å²) < 4.78 is 0. The standard InChI is InChI=1S/C31H53NO3/c1-4-6-7-8-9-10-11-12-13-14-15-16-17-18-19-20-21-22-23-24-25-26-27-29(33)32-30(31(34)35)28(3)5-2/h28,30H,4-15,20-27H2,1-3H3,(H,32,33)(H,34,35)/t28-,30-/m0/s1. The molecule has 0 aliphatic heterocycles. The first-order valence-corrected chi connectivity index (χ1v) is 14.5. The van der Waals surface area contributed by atoms with Crippen LogP contribution in [0, 0.1) is 29.6 Å². The molecule has 0 fully saturated rings. The number of nitrogens with one attached hydrogen (secondary N) is 1. The van der Waals surface area contributed by atoms with Crippen LogP contribution in [0.15, 0.2) is 0 Å². The van der Waals surface area contributed by atoms with Crippen LogP contribution in [0.2, 0.25) is 0 Å². The third kappa shape index (κ3) is 22.3. The number of unbranched alkanes of at least 4 members (excludes halogenated alkanes) is 16. The van der Waals surface area contributed by atoms with E-state index in [-0.39, 0.29) is 11.8 Å². The highest BCUT2D eigenvalue weighted by Crippen LogP contribution is 2.12. The summed E-state index contributed by atoms with van der Waals surface area (Å²) in [6.07, 6.45) is 22.9. The average molecular weight is 488 g/mol.